The van der Waals surface area contributed by atoms with Crippen molar-refractivity contribution in [3.63, 3.8) is 0 Å². The molecule has 1 saturated heterocycles. The maximum atomic E-state index is 13.1. The third kappa shape index (κ3) is 3.73. The van der Waals surface area contributed by atoms with E-state index >= 15 is 0 Å². The number of piperidine rings is 1. The van der Waals surface area contributed by atoms with Gasteiger partial charge in [-0.15, -0.1) is 0 Å². The molecule has 2 bridgehead atoms. The number of rotatable bonds is 5. The largest absolute Gasteiger partial charge is 0.349 e. The van der Waals surface area contributed by atoms with Gasteiger partial charge in [0.1, 0.15) is 0 Å². The number of nitrogens with one attached hydrogen (secondary N) is 1. The molecule has 5 atom stereocenters. The Balaban J connectivity index is 1.47. The van der Waals surface area contributed by atoms with E-state index in [-0.39, 0.29) is 22.9 Å². The molecular weight excluding hydrogens is 372 g/mol. The maximum absolute atomic E-state index is 13.1. The van der Waals surface area contributed by atoms with E-state index in [2.05, 4.69) is 12.2 Å². The molecule has 28 heavy (non-hydrogen) atoms. The van der Waals surface area contributed by atoms with Gasteiger partial charge < -0.3 is 5.32 Å². The molecule has 1 N–H and O–H groups in total. The summed E-state index contributed by atoms with van der Waals surface area (Å²) in [5.74, 6) is 1.98. The van der Waals surface area contributed by atoms with Crippen molar-refractivity contribution in [3.8, 4) is 0 Å². The first-order chi connectivity index (χ1) is 13.4. The van der Waals surface area contributed by atoms with Crippen molar-refractivity contribution in [3.05, 3.63) is 29.8 Å². The average Bonchev–Trinajstić information content (AvgIpc) is 3.32. The predicted molar refractivity (Wildman–Crippen MR) is 110 cm³/mol. The topological polar surface area (TPSA) is 66.5 Å². The number of hydrogen-bond acceptors (Lipinski definition) is 3. The lowest BCUT2D eigenvalue weighted by Gasteiger charge is -2.32. The van der Waals surface area contributed by atoms with E-state index in [4.69, 9.17) is 0 Å². The van der Waals surface area contributed by atoms with Crippen LogP contribution in [0.2, 0.25) is 0 Å². The van der Waals surface area contributed by atoms with Crippen molar-refractivity contribution >= 4 is 15.9 Å². The summed E-state index contributed by atoms with van der Waals surface area (Å²) in [6, 6.07) is 6.67. The molecule has 5 nitrogen and oxygen atoms in total. The van der Waals surface area contributed by atoms with Gasteiger partial charge in [0.15, 0.2) is 0 Å². The predicted octanol–water partition coefficient (Wildman–Crippen LogP) is 3.80. The highest BCUT2D eigenvalue weighted by Gasteiger charge is 2.42. The molecular formula is C22H32N2O3S. The van der Waals surface area contributed by atoms with E-state index in [1.807, 2.05) is 6.92 Å². The minimum atomic E-state index is -3.56. The summed E-state index contributed by atoms with van der Waals surface area (Å²) < 4.78 is 27.8. The van der Waals surface area contributed by atoms with E-state index in [0.29, 0.717) is 18.0 Å². The number of carbonyl (C=O) groups is 1. The molecule has 1 amide bonds. The van der Waals surface area contributed by atoms with Gasteiger partial charge in [0.2, 0.25) is 10.0 Å². The molecule has 4 rings (SSSR count). The van der Waals surface area contributed by atoms with E-state index in [9.17, 15) is 13.2 Å². The number of hydrogen-bond donors (Lipinski definition) is 1. The maximum Gasteiger partial charge on any atom is 0.251 e. The van der Waals surface area contributed by atoms with Gasteiger partial charge in [-0.2, -0.15) is 4.31 Å². The first-order valence-corrected chi connectivity index (χ1v) is 12.2. The molecule has 0 spiro atoms. The minimum absolute atomic E-state index is 0.00837. The fourth-order valence-corrected chi connectivity index (χ4v) is 7.41. The minimum Gasteiger partial charge on any atom is -0.349 e. The molecule has 3 fully saturated rings. The fraction of sp³-hybridized carbons (Fsp3) is 0.682. The summed E-state index contributed by atoms with van der Waals surface area (Å²) in [5, 5.41) is 3.14. The van der Waals surface area contributed by atoms with Crippen LogP contribution in [-0.2, 0) is 10.0 Å². The summed E-state index contributed by atoms with van der Waals surface area (Å²) in [6.07, 6.45) is 8.01. The fourth-order valence-electron chi connectivity index (χ4n) is 5.67. The molecule has 0 radical (unpaired) electrons. The molecule has 1 heterocycles. The molecule has 3 aliphatic rings. The number of amides is 1. The van der Waals surface area contributed by atoms with E-state index in [1.165, 1.54) is 25.7 Å². The Morgan fingerprint density at radius 1 is 1.18 bits per heavy atom. The van der Waals surface area contributed by atoms with Crippen molar-refractivity contribution in [2.45, 2.75) is 75.8 Å². The monoisotopic (exact) mass is 404 g/mol. The molecule has 154 valence electrons. The Kier molecular flexibility index (Phi) is 5.53. The van der Waals surface area contributed by atoms with Crippen molar-refractivity contribution in [2.24, 2.45) is 17.8 Å². The lowest BCUT2D eigenvalue weighted by atomic mass is 9.84. The summed E-state index contributed by atoms with van der Waals surface area (Å²) in [4.78, 5) is 13.0. The van der Waals surface area contributed by atoms with Crippen LogP contribution in [0.3, 0.4) is 0 Å². The number of sulfonamides is 1. The van der Waals surface area contributed by atoms with Gasteiger partial charge in [0.25, 0.3) is 5.91 Å². The van der Waals surface area contributed by atoms with E-state index < -0.39 is 10.0 Å². The molecule has 5 unspecified atom stereocenters. The molecule has 2 saturated carbocycles. The lowest BCUT2D eigenvalue weighted by molar-refractivity contribution is 0.0915. The Bertz CT molecular complexity index is 838. The zero-order chi connectivity index (χ0) is 19.9. The van der Waals surface area contributed by atoms with Gasteiger partial charge >= 0.3 is 0 Å². The third-order valence-electron chi connectivity index (χ3n) is 7.24. The Morgan fingerprint density at radius 2 is 2.00 bits per heavy atom. The van der Waals surface area contributed by atoms with E-state index in [1.54, 1.807) is 28.6 Å². The number of carbonyl (C=O) groups excluding carboxylic acids is 1. The van der Waals surface area contributed by atoms with Crippen LogP contribution in [-0.4, -0.2) is 37.3 Å². The average molecular weight is 405 g/mol. The van der Waals surface area contributed by atoms with Gasteiger partial charge in [0.05, 0.1) is 4.90 Å². The Labute approximate surface area is 168 Å². The summed E-state index contributed by atoms with van der Waals surface area (Å²) in [7, 11) is -3.56. The summed E-state index contributed by atoms with van der Waals surface area (Å²) in [6.45, 7) is 4.62. The van der Waals surface area contributed by atoms with Crippen molar-refractivity contribution < 1.29 is 13.2 Å². The standard InChI is InChI=1S/C22H32N2O3S/c1-15-6-3-4-11-24(15)28(26,27)20-8-5-7-19(14-20)22(25)23-16(2)21-13-17-9-10-18(21)12-17/h5,7-8,14-18,21H,3-4,6,9-13H2,1-2H3,(H,23,25). The van der Waals surface area contributed by atoms with Crippen molar-refractivity contribution in [2.75, 3.05) is 6.54 Å². The van der Waals surface area contributed by atoms with Crippen LogP contribution >= 0.6 is 0 Å². The quantitative estimate of drug-likeness (QED) is 0.812. The van der Waals surface area contributed by atoms with Gasteiger partial charge in [0, 0.05) is 24.2 Å². The van der Waals surface area contributed by atoms with Gasteiger partial charge in [-0.05, 0) is 81.9 Å². The zero-order valence-electron chi connectivity index (χ0n) is 16.9. The van der Waals surface area contributed by atoms with Crippen LogP contribution in [0, 0.1) is 17.8 Å². The molecule has 1 aliphatic heterocycles. The Morgan fingerprint density at radius 3 is 2.68 bits per heavy atom. The molecule has 0 aromatic heterocycles. The van der Waals surface area contributed by atoms with Crippen LogP contribution in [0.1, 0.15) is 69.2 Å². The zero-order valence-corrected chi connectivity index (χ0v) is 17.7. The smallest absolute Gasteiger partial charge is 0.251 e. The first-order valence-electron chi connectivity index (χ1n) is 10.8. The van der Waals surface area contributed by atoms with Crippen molar-refractivity contribution in [1.82, 2.24) is 9.62 Å². The second kappa shape index (κ2) is 7.79. The molecule has 6 heteroatoms. The highest BCUT2D eigenvalue weighted by Crippen LogP contribution is 2.49. The highest BCUT2D eigenvalue weighted by atomic mass is 32.2. The summed E-state index contributed by atoms with van der Waals surface area (Å²) >= 11 is 0. The van der Waals surface area contributed by atoms with Crippen LogP contribution in [0.5, 0.6) is 0 Å². The van der Waals surface area contributed by atoms with Crippen molar-refractivity contribution in [1.29, 1.82) is 0 Å². The lowest BCUT2D eigenvalue weighted by Crippen LogP contribution is -2.42. The highest BCUT2D eigenvalue weighted by molar-refractivity contribution is 7.89. The third-order valence-corrected chi connectivity index (χ3v) is 9.25. The molecule has 2 aliphatic carbocycles. The normalized spacial score (nSPS) is 31.6. The molecule has 1 aromatic rings. The van der Waals surface area contributed by atoms with Gasteiger partial charge in [-0.1, -0.05) is 18.9 Å². The number of nitrogens with zero attached hydrogens (tertiary/aromatic N) is 1. The first kappa shape index (κ1) is 19.9. The van der Waals surface area contributed by atoms with Crippen LogP contribution in [0.4, 0.5) is 0 Å². The molecule has 1 aromatic carbocycles. The Hall–Kier alpha value is -1.40. The number of fused-ring (bicyclic) bond motifs is 2. The van der Waals surface area contributed by atoms with Crippen LogP contribution < -0.4 is 5.32 Å². The van der Waals surface area contributed by atoms with Crippen LogP contribution in [0.25, 0.3) is 0 Å². The van der Waals surface area contributed by atoms with E-state index in [0.717, 1.165) is 31.1 Å². The van der Waals surface area contributed by atoms with Gasteiger partial charge in [-0.3, -0.25) is 4.79 Å². The number of benzene rings is 1. The van der Waals surface area contributed by atoms with Gasteiger partial charge in [-0.25, -0.2) is 8.42 Å². The SMILES string of the molecule is CC(NC(=O)c1cccc(S(=O)(=O)N2CCCCC2C)c1)C1CC2CCC1C2. The second-order valence-corrected chi connectivity index (χ2v) is 11.0. The second-order valence-electron chi connectivity index (χ2n) is 9.09. The summed E-state index contributed by atoms with van der Waals surface area (Å²) in [5.41, 5.74) is 0.431. The van der Waals surface area contributed by atoms with Crippen LogP contribution in [0.15, 0.2) is 29.2 Å².